The second-order valence-electron chi connectivity index (χ2n) is 12.5. The molecule has 0 aromatic heterocycles. The number of unbranched alkanes of at least 4 members (excludes halogenated alkanes) is 1. The largest absolute Gasteiger partial charge is 0.356 e. The first-order valence-electron chi connectivity index (χ1n) is 15.4. The van der Waals surface area contributed by atoms with Crippen molar-refractivity contribution in [3.8, 4) is 6.07 Å². The number of nitrogens with zero attached hydrogens (tertiary/aromatic N) is 2. The van der Waals surface area contributed by atoms with Gasteiger partial charge in [0.25, 0.3) is 0 Å². The lowest BCUT2D eigenvalue weighted by molar-refractivity contribution is -0.128. The third-order valence-electron chi connectivity index (χ3n) is 8.18. The molecule has 0 bridgehead atoms. The summed E-state index contributed by atoms with van der Waals surface area (Å²) in [5.41, 5.74) is 0.178. The number of carbonyl (C=O) groups is 4. The van der Waals surface area contributed by atoms with Crippen LogP contribution >= 0.6 is 11.6 Å². The predicted molar refractivity (Wildman–Crippen MR) is 171 cm³/mol. The number of hydrogen-bond acceptors (Lipinski definition) is 6. The van der Waals surface area contributed by atoms with Crippen molar-refractivity contribution in [3.63, 3.8) is 0 Å². The van der Waals surface area contributed by atoms with Gasteiger partial charge in [0.05, 0.1) is 23.6 Å². The molecule has 5 atom stereocenters. The molecule has 2 heterocycles. The van der Waals surface area contributed by atoms with Crippen LogP contribution < -0.4 is 16.0 Å². The number of carbonyl (C=O) groups excluding carboxylic acids is 4. The van der Waals surface area contributed by atoms with Crippen molar-refractivity contribution >= 4 is 35.6 Å². The molecule has 1 aromatic carbocycles. The van der Waals surface area contributed by atoms with E-state index >= 15 is 0 Å². The number of benzene rings is 1. The topological polar surface area (TPSA) is 131 Å². The van der Waals surface area contributed by atoms with Gasteiger partial charge in [-0.15, -0.1) is 0 Å². The Kier molecular flexibility index (Phi) is 16.5. The average molecular weight is 618 g/mol. The van der Waals surface area contributed by atoms with E-state index in [0.717, 1.165) is 50.6 Å². The minimum atomic E-state index is -0.696. The van der Waals surface area contributed by atoms with Crippen LogP contribution in [0.4, 0.5) is 0 Å². The molecular formula is C33H52ClN5O4. The Labute approximate surface area is 263 Å². The molecule has 0 spiro atoms. The maximum absolute atomic E-state index is 12.4. The quantitative estimate of drug-likeness (QED) is 0.328. The summed E-state index contributed by atoms with van der Waals surface area (Å²) in [5, 5.41) is 17.6. The van der Waals surface area contributed by atoms with Gasteiger partial charge >= 0.3 is 0 Å². The van der Waals surface area contributed by atoms with Crippen LogP contribution in [0, 0.1) is 29.1 Å². The molecular weight excluding hydrogens is 566 g/mol. The fraction of sp³-hybridized carbons (Fsp3) is 0.667. The van der Waals surface area contributed by atoms with Gasteiger partial charge in [-0.2, -0.15) is 5.26 Å². The molecule has 2 fully saturated rings. The molecule has 3 N–H and O–H groups in total. The lowest BCUT2D eigenvalue weighted by Crippen LogP contribution is -2.48. The number of likely N-dealkylation sites (N-methyl/N-ethyl adjacent to an activating group) is 1. The fourth-order valence-electron chi connectivity index (χ4n) is 5.06. The van der Waals surface area contributed by atoms with Gasteiger partial charge in [-0.05, 0) is 83.2 Å². The van der Waals surface area contributed by atoms with Gasteiger partial charge in [0, 0.05) is 17.5 Å². The molecule has 3 amide bonds. The van der Waals surface area contributed by atoms with Crippen LogP contribution in [-0.2, 0) is 24.6 Å². The van der Waals surface area contributed by atoms with Crippen LogP contribution in [-0.4, -0.2) is 67.2 Å². The standard InChI is InChI=1S/C16H22ClNO2.C12H21N3O.C5H9NO/c1-4-5-6-14(11-19)18-15(20)16(2,3)12-7-9-13(17)10-8-12;1-8(2)10-5-6-15(4)11(10)12(16)14-9(3)7-13;1-4-2-3-6-5(4)7/h7-11,14H,4-6H2,1-3H3,(H,18,20);8-11H,5-6H2,1-4H3,(H,14,16);4H,2-3H2,1H3,(H,6,7)/t14-;9-,10+,11?;4-/m000/s1. The maximum atomic E-state index is 12.4. The molecule has 1 unspecified atom stereocenters. The van der Waals surface area contributed by atoms with Gasteiger partial charge in [0.2, 0.25) is 17.7 Å². The van der Waals surface area contributed by atoms with Crippen LogP contribution in [0.3, 0.4) is 0 Å². The van der Waals surface area contributed by atoms with Gasteiger partial charge in [-0.25, -0.2) is 0 Å². The average Bonchev–Trinajstić information content (AvgIpc) is 3.55. The molecule has 1 aromatic rings. The van der Waals surface area contributed by atoms with Crippen molar-refractivity contribution in [2.75, 3.05) is 20.1 Å². The number of halogens is 1. The Morgan fingerprint density at radius 3 is 2.26 bits per heavy atom. The summed E-state index contributed by atoms with van der Waals surface area (Å²) in [6, 6.07) is 8.34. The van der Waals surface area contributed by atoms with Crippen molar-refractivity contribution in [3.05, 3.63) is 34.9 Å². The van der Waals surface area contributed by atoms with E-state index in [4.69, 9.17) is 16.9 Å². The van der Waals surface area contributed by atoms with E-state index in [-0.39, 0.29) is 29.7 Å². The molecule has 43 heavy (non-hydrogen) atoms. The molecule has 0 aliphatic carbocycles. The Morgan fingerprint density at radius 2 is 1.81 bits per heavy atom. The lowest BCUT2D eigenvalue weighted by Gasteiger charge is -2.26. The maximum Gasteiger partial charge on any atom is 0.238 e. The van der Waals surface area contributed by atoms with Crippen molar-refractivity contribution in [1.29, 1.82) is 5.26 Å². The van der Waals surface area contributed by atoms with Gasteiger partial charge in [0.1, 0.15) is 12.3 Å². The van der Waals surface area contributed by atoms with E-state index < -0.39 is 17.5 Å². The Hall–Kier alpha value is -2.96. The minimum Gasteiger partial charge on any atom is -0.356 e. The summed E-state index contributed by atoms with van der Waals surface area (Å²) in [6.45, 7) is 15.5. The first kappa shape index (κ1) is 38.1. The monoisotopic (exact) mass is 617 g/mol. The Morgan fingerprint density at radius 1 is 1.19 bits per heavy atom. The Bertz CT molecular complexity index is 1090. The number of likely N-dealkylation sites (tertiary alicyclic amines) is 1. The van der Waals surface area contributed by atoms with E-state index in [1.165, 1.54) is 0 Å². The molecule has 3 rings (SSSR count). The normalized spacial score (nSPS) is 21.2. The van der Waals surface area contributed by atoms with Crippen molar-refractivity contribution in [2.24, 2.45) is 17.8 Å². The van der Waals surface area contributed by atoms with E-state index in [0.29, 0.717) is 23.3 Å². The predicted octanol–water partition coefficient (Wildman–Crippen LogP) is 4.62. The van der Waals surface area contributed by atoms with Gasteiger partial charge in [0.15, 0.2) is 0 Å². The van der Waals surface area contributed by atoms with Gasteiger partial charge in [-0.1, -0.05) is 64.3 Å². The number of nitrogens with one attached hydrogen (secondary N) is 3. The highest BCUT2D eigenvalue weighted by Crippen LogP contribution is 2.29. The highest BCUT2D eigenvalue weighted by atomic mass is 35.5. The van der Waals surface area contributed by atoms with Crippen LogP contribution in [0.5, 0.6) is 0 Å². The number of amides is 3. The summed E-state index contributed by atoms with van der Waals surface area (Å²) in [5.74, 6) is 1.22. The zero-order valence-electron chi connectivity index (χ0n) is 27.2. The van der Waals surface area contributed by atoms with E-state index in [2.05, 4.69) is 41.6 Å². The number of hydrogen-bond donors (Lipinski definition) is 3. The minimum absolute atomic E-state index is 0.00671. The smallest absolute Gasteiger partial charge is 0.238 e. The summed E-state index contributed by atoms with van der Waals surface area (Å²) < 4.78 is 0. The molecule has 240 valence electrons. The molecule has 2 aliphatic rings. The Balaban J connectivity index is 0.000000356. The van der Waals surface area contributed by atoms with Crippen LogP contribution in [0.2, 0.25) is 5.02 Å². The van der Waals surface area contributed by atoms with E-state index in [1.54, 1.807) is 19.1 Å². The highest BCUT2D eigenvalue weighted by molar-refractivity contribution is 6.30. The summed E-state index contributed by atoms with van der Waals surface area (Å²) in [4.78, 5) is 48.0. The van der Waals surface area contributed by atoms with E-state index in [9.17, 15) is 19.2 Å². The SMILES string of the molecule is CC(C)[C@H]1CCN(C)C1C(=O)N[C@@H](C)C#N.CCCC[C@@H](C=O)NC(=O)C(C)(C)c1ccc(Cl)cc1.C[C@H]1CCNC1=O. The zero-order chi connectivity index (χ0) is 32.7. The first-order valence-corrected chi connectivity index (χ1v) is 15.8. The second kappa shape index (κ2) is 18.6. The zero-order valence-corrected chi connectivity index (χ0v) is 28.0. The van der Waals surface area contributed by atoms with E-state index in [1.807, 2.05) is 46.0 Å². The van der Waals surface area contributed by atoms with Crippen molar-refractivity contribution < 1.29 is 19.2 Å². The molecule has 10 heteroatoms. The molecule has 0 radical (unpaired) electrons. The molecule has 9 nitrogen and oxygen atoms in total. The number of rotatable bonds is 10. The summed E-state index contributed by atoms with van der Waals surface area (Å²) in [6.07, 6.45) is 5.49. The van der Waals surface area contributed by atoms with Gasteiger partial charge < -0.3 is 20.7 Å². The second-order valence-corrected chi connectivity index (χ2v) is 12.9. The molecule has 2 saturated heterocycles. The highest BCUT2D eigenvalue weighted by Gasteiger charge is 2.39. The number of nitriles is 1. The third kappa shape index (κ3) is 12.3. The summed E-state index contributed by atoms with van der Waals surface area (Å²) >= 11 is 5.86. The van der Waals surface area contributed by atoms with Crippen molar-refractivity contribution in [2.45, 2.75) is 104 Å². The fourth-order valence-corrected chi connectivity index (χ4v) is 5.19. The molecule has 2 aliphatic heterocycles. The first-order chi connectivity index (χ1) is 20.2. The van der Waals surface area contributed by atoms with Crippen LogP contribution in [0.1, 0.15) is 86.1 Å². The summed E-state index contributed by atoms with van der Waals surface area (Å²) in [7, 11) is 1.98. The van der Waals surface area contributed by atoms with Crippen LogP contribution in [0.25, 0.3) is 0 Å². The van der Waals surface area contributed by atoms with Crippen LogP contribution in [0.15, 0.2) is 24.3 Å². The molecule has 0 saturated carbocycles. The van der Waals surface area contributed by atoms with Gasteiger partial charge in [-0.3, -0.25) is 19.3 Å². The number of aldehydes is 1. The lowest BCUT2D eigenvalue weighted by atomic mass is 9.83. The van der Waals surface area contributed by atoms with Crippen molar-refractivity contribution in [1.82, 2.24) is 20.9 Å². The third-order valence-corrected chi connectivity index (χ3v) is 8.43.